The van der Waals surface area contributed by atoms with Gasteiger partial charge in [-0.3, -0.25) is 0 Å². The maximum absolute atomic E-state index is 6.73. The van der Waals surface area contributed by atoms with Gasteiger partial charge in [-0.1, -0.05) is 146 Å². The molecule has 1 aliphatic rings. The van der Waals surface area contributed by atoms with Gasteiger partial charge in [-0.25, -0.2) is 9.98 Å². The molecule has 5 heteroatoms. The Kier molecular flexibility index (Phi) is 7.23. The van der Waals surface area contributed by atoms with Crippen molar-refractivity contribution in [3.05, 3.63) is 211 Å². The lowest BCUT2D eigenvalue weighted by atomic mass is 10.0. The van der Waals surface area contributed by atoms with E-state index in [4.69, 9.17) is 14.4 Å². The molecule has 3 heterocycles. The quantitative estimate of drug-likeness (QED) is 0.191. The first-order chi connectivity index (χ1) is 28.7. The first-order valence-electron chi connectivity index (χ1n) is 19.7. The fourth-order valence-electron chi connectivity index (χ4n) is 8.78. The van der Waals surface area contributed by atoms with Crippen LogP contribution in [-0.4, -0.2) is 16.2 Å². The number of aromatic nitrogens is 1. The number of para-hydroxylation sites is 1. The van der Waals surface area contributed by atoms with Gasteiger partial charge in [0.15, 0.2) is 5.84 Å². The monoisotopic (exact) mass is 742 g/mol. The highest BCUT2D eigenvalue weighted by atomic mass is 16.3. The van der Waals surface area contributed by atoms with Gasteiger partial charge in [-0.15, -0.1) is 0 Å². The van der Waals surface area contributed by atoms with E-state index in [1.54, 1.807) is 0 Å². The molecule has 1 atom stereocenters. The molecule has 0 fully saturated rings. The first-order valence-corrected chi connectivity index (χ1v) is 19.7. The Hall–Kier alpha value is -7.76. The van der Waals surface area contributed by atoms with E-state index in [-0.39, 0.29) is 6.17 Å². The van der Waals surface area contributed by atoms with Crippen LogP contribution >= 0.6 is 0 Å². The van der Waals surface area contributed by atoms with Gasteiger partial charge in [0, 0.05) is 27.3 Å². The fourth-order valence-corrected chi connectivity index (χ4v) is 8.78. The van der Waals surface area contributed by atoms with E-state index < -0.39 is 0 Å². The van der Waals surface area contributed by atoms with E-state index >= 15 is 0 Å². The van der Waals surface area contributed by atoms with Crippen LogP contribution in [0.2, 0.25) is 0 Å². The summed E-state index contributed by atoms with van der Waals surface area (Å²) in [7, 11) is 0. The van der Waals surface area contributed by atoms with Crippen LogP contribution in [0.1, 0.15) is 22.9 Å². The van der Waals surface area contributed by atoms with Crippen molar-refractivity contribution in [1.82, 2.24) is 9.88 Å². The lowest BCUT2D eigenvalue weighted by molar-refractivity contribution is 0.666. The highest BCUT2D eigenvalue weighted by molar-refractivity contribution is 6.18. The number of benzene rings is 9. The third-order valence-corrected chi connectivity index (χ3v) is 11.6. The predicted octanol–water partition coefficient (Wildman–Crippen LogP) is 13.2. The highest BCUT2D eigenvalue weighted by Crippen LogP contribution is 2.40. The molecule has 58 heavy (non-hydrogen) atoms. The summed E-state index contributed by atoms with van der Waals surface area (Å²) in [5.74, 6) is 1.43. The number of furan rings is 1. The highest BCUT2D eigenvalue weighted by Gasteiger charge is 2.24. The number of nitrogens with one attached hydrogen (secondary N) is 1. The number of rotatable bonds is 5. The third-order valence-electron chi connectivity index (χ3n) is 11.6. The number of hydrogen-bond acceptors (Lipinski definition) is 4. The Morgan fingerprint density at radius 2 is 1.14 bits per heavy atom. The topological polar surface area (TPSA) is 54.8 Å². The molecular formula is C53H34N4O. The third kappa shape index (κ3) is 5.25. The van der Waals surface area contributed by atoms with Crippen molar-refractivity contribution < 1.29 is 4.42 Å². The van der Waals surface area contributed by atoms with Crippen LogP contribution in [0.15, 0.2) is 209 Å². The molecule has 0 spiro atoms. The Morgan fingerprint density at radius 3 is 2.00 bits per heavy atom. The molecule has 272 valence electrons. The molecule has 1 aliphatic heterocycles. The molecule has 9 aromatic carbocycles. The van der Waals surface area contributed by atoms with Crippen LogP contribution in [0.5, 0.6) is 0 Å². The van der Waals surface area contributed by atoms with Crippen molar-refractivity contribution in [1.29, 1.82) is 0 Å². The predicted molar refractivity (Wildman–Crippen MR) is 240 cm³/mol. The van der Waals surface area contributed by atoms with Crippen molar-refractivity contribution in [2.24, 2.45) is 9.98 Å². The molecule has 1 unspecified atom stereocenters. The second-order valence-electron chi connectivity index (χ2n) is 15.0. The minimum Gasteiger partial charge on any atom is -0.456 e. The Bertz CT molecular complexity index is 3500. The zero-order valence-electron chi connectivity index (χ0n) is 31.3. The number of fused-ring (bicyclic) bond motifs is 8. The molecule has 11 aromatic rings. The number of aliphatic imine (C=N–C) groups is 2. The van der Waals surface area contributed by atoms with Gasteiger partial charge in [0.1, 0.15) is 23.2 Å². The SMILES string of the molecule is c1ccc(-c2ccc3c4ccccc4n(-c4cccc5oc6cc(C7=NC(c8ccc9ccccc9c8)=NC(c8ccc9ccccc9c8)N7)ccc6c45)c3c2)cc1. The Balaban J connectivity index is 1.01. The number of nitrogens with zero attached hydrogens (tertiary/aromatic N) is 3. The van der Waals surface area contributed by atoms with Crippen molar-refractivity contribution in [3.8, 4) is 16.8 Å². The maximum Gasteiger partial charge on any atom is 0.159 e. The fraction of sp³-hybridized carbons (Fsp3) is 0.0189. The molecule has 0 bridgehead atoms. The van der Waals surface area contributed by atoms with Crippen LogP contribution in [0.4, 0.5) is 0 Å². The first kappa shape index (κ1) is 32.5. The lowest BCUT2D eigenvalue weighted by Gasteiger charge is -2.24. The molecular weight excluding hydrogens is 709 g/mol. The van der Waals surface area contributed by atoms with Crippen molar-refractivity contribution in [3.63, 3.8) is 0 Å². The summed E-state index contributed by atoms with van der Waals surface area (Å²) in [5.41, 5.74) is 10.4. The Labute approximate surface area is 333 Å². The molecule has 0 amide bonds. The molecule has 12 rings (SSSR count). The van der Waals surface area contributed by atoms with Crippen LogP contribution in [-0.2, 0) is 0 Å². The van der Waals surface area contributed by atoms with Crippen molar-refractivity contribution in [2.75, 3.05) is 0 Å². The number of amidine groups is 2. The largest absolute Gasteiger partial charge is 0.456 e. The maximum atomic E-state index is 6.73. The summed E-state index contributed by atoms with van der Waals surface area (Å²) in [6, 6.07) is 68.7. The van der Waals surface area contributed by atoms with Gasteiger partial charge >= 0.3 is 0 Å². The standard InChI is InChI=1S/C53H34N4O/c1-2-11-33(12-3-1)38-25-27-43-42-17-8-9-18-45(42)57(47(43)31-38)46-19-10-20-48-50(46)44-28-26-41(32-49(44)58-48)53-55-51(39-23-21-34-13-4-6-15-36(34)29-39)54-52(56-53)40-24-22-35-14-5-7-16-37(35)30-40/h1-32,51H,(H,54,55,56). The summed E-state index contributed by atoms with van der Waals surface area (Å²) in [6.07, 6.45) is -0.340. The summed E-state index contributed by atoms with van der Waals surface area (Å²) in [6.45, 7) is 0. The average molecular weight is 743 g/mol. The van der Waals surface area contributed by atoms with Gasteiger partial charge in [0.05, 0.1) is 22.1 Å². The molecule has 2 aromatic heterocycles. The van der Waals surface area contributed by atoms with Crippen molar-refractivity contribution in [2.45, 2.75) is 6.17 Å². The van der Waals surface area contributed by atoms with E-state index in [1.165, 1.54) is 38.1 Å². The lowest BCUT2D eigenvalue weighted by Crippen LogP contribution is -2.33. The summed E-state index contributed by atoms with van der Waals surface area (Å²) in [4.78, 5) is 10.4. The van der Waals surface area contributed by atoms with Crippen LogP contribution in [0, 0.1) is 0 Å². The summed E-state index contributed by atoms with van der Waals surface area (Å²) < 4.78 is 9.13. The number of hydrogen-bond donors (Lipinski definition) is 1. The van der Waals surface area contributed by atoms with Gasteiger partial charge in [0.2, 0.25) is 0 Å². The zero-order valence-corrected chi connectivity index (χ0v) is 31.3. The van der Waals surface area contributed by atoms with Crippen molar-refractivity contribution >= 4 is 77.0 Å². The Morgan fingerprint density at radius 1 is 0.448 bits per heavy atom. The summed E-state index contributed by atoms with van der Waals surface area (Å²) >= 11 is 0. The average Bonchev–Trinajstić information content (AvgIpc) is 3.84. The van der Waals surface area contributed by atoms with E-state index in [1.807, 2.05) is 0 Å². The smallest absolute Gasteiger partial charge is 0.159 e. The van der Waals surface area contributed by atoms with Gasteiger partial charge in [0.25, 0.3) is 0 Å². The summed E-state index contributed by atoms with van der Waals surface area (Å²) in [5, 5.41) is 13.0. The minimum atomic E-state index is -0.340. The zero-order chi connectivity index (χ0) is 38.2. The normalized spacial score (nSPS) is 14.4. The second-order valence-corrected chi connectivity index (χ2v) is 15.0. The van der Waals surface area contributed by atoms with Gasteiger partial charge in [-0.2, -0.15) is 0 Å². The molecule has 0 radical (unpaired) electrons. The molecule has 0 saturated heterocycles. The molecule has 0 saturated carbocycles. The van der Waals surface area contributed by atoms with Crippen LogP contribution in [0.25, 0.3) is 82.1 Å². The van der Waals surface area contributed by atoms with E-state index in [9.17, 15) is 0 Å². The second kappa shape index (κ2) is 12.9. The van der Waals surface area contributed by atoms with E-state index in [2.05, 4.69) is 204 Å². The molecule has 1 N–H and O–H groups in total. The van der Waals surface area contributed by atoms with E-state index in [0.29, 0.717) is 5.84 Å². The van der Waals surface area contributed by atoms with E-state index in [0.717, 1.165) is 66.6 Å². The van der Waals surface area contributed by atoms with Crippen LogP contribution < -0.4 is 5.32 Å². The van der Waals surface area contributed by atoms with Crippen LogP contribution in [0.3, 0.4) is 0 Å². The van der Waals surface area contributed by atoms with Gasteiger partial charge < -0.3 is 14.3 Å². The molecule has 0 aliphatic carbocycles. The minimum absolute atomic E-state index is 0.340. The molecule has 5 nitrogen and oxygen atoms in total. The van der Waals surface area contributed by atoms with Gasteiger partial charge in [-0.05, 0) is 86.8 Å².